The van der Waals surface area contributed by atoms with E-state index in [0.717, 1.165) is 32.2 Å². The first-order valence-electron chi connectivity index (χ1n) is 6.78. The molecule has 0 unspecified atom stereocenters. The van der Waals surface area contributed by atoms with E-state index in [0.29, 0.717) is 6.54 Å². The molecule has 0 heterocycles. The first-order chi connectivity index (χ1) is 8.59. The zero-order valence-electron chi connectivity index (χ0n) is 11.5. The lowest BCUT2D eigenvalue weighted by Crippen LogP contribution is -2.24. The lowest BCUT2D eigenvalue weighted by Gasteiger charge is -2.21. The fourth-order valence-electron chi connectivity index (χ4n) is 2.34. The predicted octanol–water partition coefficient (Wildman–Crippen LogP) is 1.91. The number of carbonyl (C=O) groups excluding carboxylic acids is 2. The monoisotopic (exact) mass is 252 g/mol. The highest BCUT2D eigenvalue weighted by atomic mass is 16.1. The van der Waals surface area contributed by atoms with Crippen molar-refractivity contribution in [1.82, 2.24) is 10.6 Å². The Bertz CT molecular complexity index is 335. The lowest BCUT2D eigenvalue weighted by molar-refractivity contribution is -0.119. The van der Waals surface area contributed by atoms with Gasteiger partial charge in [0.05, 0.1) is 0 Å². The van der Waals surface area contributed by atoms with Gasteiger partial charge in [0.15, 0.2) is 0 Å². The van der Waals surface area contributed by atoms with Crippen LogP contribution in [0, 0.1) is 0 Å². The Morgan fingerprint density at radius 1 is 1.00 bits per heavy atom. The van der Waals surface area contributed by atoms with E-state index < -0.39 is 0 Å². The quantitative estimate of drug-likeness (QED) is 0.560. The Morgan fingerprint density at radius 2 is 1.61 bits per heavy atom. The van der Waals surface area contributed by atoms with Gasteiger partial charge in [-0.05, 0) is 38.5 Å². The molecule has 4 nitrogen and oxygen atoms in total. The van der Waals surface area contributed by atoms with Crippen LogP contribution in [0.1, 0.15) is 52.4 Å². The van der Waals surface area contributed by atoms with Crippen molar-refractivity contribution in [2.24, 2.45) is 0 Å². The van der Waals surface area contributed by atoms with E-state index in [-0.39, 0.29) is 11.8 Å². The molecule has 0 atom stereocenters. The van der Waals surface area contributed by atoms with E-state index in [1.54, 1.807) is 13.8 Å². The van der Waals surface area contributed by atoms with Crippen LogP contribution in [0.2, 0.25) is 0 Å². The van der Waals surface area contributed by atoms with Crippen molar-refractivity contribution in [3.05, 3.63) is 11.1 Å². The Balaban J connectivity index is 2.40. The summed E-state index contributed by atoms with van der Waals surface area (Å²) in [4.78, 5) is 21.7. The third-order valence-electron chi connectivity index (χ3n) is 3.29. The zero-order valence-corrected chi connectivity index (χ0v) is 11.5. The molecule has 0 radical (unpaired) electrons. The molecule has 0 bridgehead atoms. The van der Waals surface area contributed by atoms with Crippen LogP contribution in [0.25, 0.3) is 0 Å². The number of allylic oxidation sites excluding steroid dienone is 1. The highest BCUT2D eigenvalue weighted by Gasteiger charge is 2.12. The second-order valence-corrected chi connectivity index (χ2v) is 4.91. The van der Waals surface area contributed by atoms with Crippen LogP contribution >= 0.6 is 0 Å². The summed E-state index contributed by atoms with van der Waals surface area (Å²) in [5, 5.41) is 5.71. The molecule has 18 heavy (non-hydrogen) atoms. The summed E-state index contributed by atoms with van der Waals surface area (Å²) in [5.74, 6) is 0.0664. The van der Waals surface area contributed by atoms with Crippen LogP contribution in [0.15, 0.2) is 11.1 Å². The van der Waals surface area contributed by atoms with Crippen molar-refractivity contribution >= 4 is 11.8 Å². The van der Waals surface area contributed by atoms with Crippen LogP contribution < -0.4 is 10.6 Å². The molecule has 0 spiro atoms. The molecule has 0 aromatic carbocycles. The minimum absolute atomic E-state index is 0.0330. The molecule has 1 aliphatic carbocycles. The maximum absolute atomic E-state index is 10.9. The van der Waals surface area contributed by atoms with Crippen LogP contribution in [0.4, 0.5) is 0 Å². The Kier molecular flexibility index (Phi) is 6.47. The molecule has 1 aliphatic rings. The smallest absolute Gasteiger partial charge is 0.217 e. The number of carbonyl (C=O) groups is 2. The van der Waals surface area contributed by atoms with E-state index in [9.17, 15) is 9.59 Å². The molecule has 0 aliphatic heterocycles. The van der Waals surface area contributed by atoms with Gasteiger partial charge in [0.2, 0.25) is 11.8 Å². The molecule has 0 aromatic heterocycles. The molecule has 0 saturated carbocycles. The van der Waals surface area contributed by atoms with E-state index in [4.69, 9.17) is 0 Å². The summed E-state index contributed by atoms with van der Waals surface area (Å²) in [6, 6.07) is 0. The summed E-state index contributed by atoms with van der Waals surface area (Å²) in [6.45, 7) is 4.54. The van der Waals surface area contributed by atoms with Gasteiger partial charge < -0.3 is 10.6 Å². The van der Waals surface area contributed by atoms with E-state index in [1.165, 1.54) is 24.0 Å². The largest absolute Gasteiger partial charge is 0.356 e. The van der Waals surface area contributed by atoms with Crippen LogP contribution in [-0.2, 0) is 9.59 Å². The predicted molar refractivity (Wildman–Crippen MR) is 72.1 cm³/mol. The third kappa shape index (κ3) is 5.84. The molecular formula is C14H24N2O2. The van der Waals surface area contributed by atoms with Crippen molar-refractivity contribution in [2.75, 3.05) is 13.1 Å². The molecule has 0 aromatic rings. The van der Waals surface area contributed by atoms with Crippen LogP contribution in [-0.4, -0.2) is 24.9 Å². The average molecular weight is 252 g/mol. The van der Waals surface area contributed by atoms with Gasteiger partial charge >= 0.3 is 0 Å². The van der Waals surface area contributed by atoms with Crippen molar-refractivity contribution < 1.29 is 9.59 Å². The zero-order chi connectivity index (χ0) is 13.4. The van der Waals surface area contributed by atoms with Gasteiger partial charge in [-0.1, -0.05) is 11.1 Å². The summed E-state index contributed by atoms with van der Waals surface area (Å²) in [7, 11) is 0. The number of nitrogens with one attached hydrogen (secondary N) is 2. The Hall–Kier alpha value is -1.32. The van der Waals surface area contributed by atoms with Gasteiger partial charge in [-0.25, -0.2) is 0 Å². The Morgan fingerprint density at radius 3 is 2.22 bits per heavy atom. The fraction of sp³-hybridized carbons (Fsp3) is 0.714. The van der Waals surface area contributed by atoms with Crippen molar-refractivity contribution in [2.45, 2.75) is 52.4 Å². The van der Waals surface area contributed by atoms with Gasteiger partial charge in [0, 0.05) is 26.9 Å². The van der Waals surface area contributed by atoms with Gasteiger partial charge in [0.1, 0.15) is 0 Å². The lowest BCUT2D eigenvalue weighted by atomic mass is 9.89. The van der Waals surface area contributed by atoms with Crippen molar-refractivity contribution in [3.63, 3.8) is 0 Å². The summed E-state index contributed by atoms with van der Waals surface area (Å²) < 4.78 is 0. The second kappa shape index (κ2) is 7.90. The third-order valence-corrected chi connectivity index (χ3v) is 3.29. The van der Waals surface area contributed by atoms with E-state index >= 15 is 0 Å². The fourth-order valence-corrected chi connectivity index (χ4v) is 2.34. The molecule has 1 rings (SSSR count). The SMILES string of the molecule is CC(=O)NCCCC1=C(CNC(C)=O)CCCC1. The molecule has 0 saturated heterocycles. The number of amides is 2. The molecule has 4 heteroatoms. The van der Waals surface area contributed by atoms with Gasteiger partial charge in [0.25, 0.3) is 0 Å². The summed E-state index contributed by atoms with van der Waals surface area (Å²) in [6.07, 6.45) is 6.75. The molecule has 102 valence electrons. The van der Waals surface area contributed by atoms with Gasteiger partial charge in [-0.3, -0.25) is 9.59 Å². The molecular weight excluding hydrogens is 228 g/mol. The average Bonchev–Trinajstić information content (AvgIpc) is 2.33. The Labute approximate surface area is 109 Å². The minimum Gasteiger partial charge on any atom is -0.356 e. The van der Waals surface area contributed by atoms with E-state index in [1.807, 2.05) is 0 Å². The van der Waals surface area contributed by atoms with Crippen LogP contribution in [0.5, 0.6) is 0 Å². The normalized spacial score (nSPS) is 15.4. The standard InChI is InChI=1S/C14H24N2O2/c1-11(17)15-9-5-8-13-6-3-4-7-14(13)10-16-12(2)18/h3-10H2,1-2H3,(H,15,17)(H,16,18). The van der Waals surface area contributed by atoms with Gasteiger partial charge in [-0.2, -0.15) is 0 Å². The van der Waals surface area contributed by atoms with Crippen LogP contribution in [0.3, 0.4) is 0 Å². The number of hydrogen-bond donors (Lipinski definition) is 2. The topological polar surface area (TPSA) is 58.2 Å². The maximum atomic E-state index is 10.9. The molecule has 2 amide bonds. The summed E-state index contributed by atoms with van der Waals surface area (Å²) >= 11 is 0. The van der Waals surface area contributed by atoms with Crippen molar-refractivity contribution in [1.29, 1.82) is 0 Å². The number of rotatable bonds is 6. The first-order valence-corrected chi connectivity index (χ1v) is 6.78. The highest BCUT2D eigenvalue weighted by molar-refractivity contribution is 5.73. The molecule has 0 fully saturated rings. The van der Waals surface area contributed by atoms with E-state index in [2.05, 4.69) is 10.6 Å². The maximum Gasteiger partial charge on any atom is 0.217 e. The summed E-state index contributed by atoms with van der Waals surface area (Å²) in [5.41, 5.74) is 2.89. The minimum atomic E-state index is 0.0330. The highest BCUT2D eigenvalue weighted by Crippen LogP contribution is 2.27. The first kappa shape index (κ1) is 14.7. The van der Waals surface area contributed by atoms with Crippen molar-refractivity contribution in [3.8, 4) is 0 Å². The van der Waals surface area contributed by atoms with Gasteiger partial charge in [-0.15, -0.1) is 0 Å². The second-order valence-electron chi connectivity index (χ2n) is 4.91. The number of hydrogen-bond acceptors (Lipinski definition) is 2. The molecule has 2 N–H and O–H groups in total.